The zero-order valence-corrected chi connectivity index (χ0v) is 22.5. The molecule has 0 aliphatic carbocycles. The summed E-state index contributed by atoms with van der Waals surface area (Å²) in [6, 6.07) is 17.7. The van der Waals surface area contributed by atoms with E-state index in [4.69, 9.17) is 27.9 Å². The number of nitrogens with one attached hydrogen (secondary N) is 2. The number of sulfonamides is 1. The first-order chi connectivity index (χ1) is 18.7. The van der Waals surface area contributed by atoms with Crippen LogP contribution in [0.1, 0.15) is 22.9 Å². The highest BCUT2D eigenvalue weighted by atomic mass is 35.5. The van der Waals surface area contributed by atoms with Gasteiger partial charge in [0.2, 0.25) is 10.0 Å². The summed E-state index contributed by atoms with van der Waals surface area (Å²) in [5.41, 5.74) is 2.45. The average molecular weight is 589 g/mol. The number of hydrogen-bond acceptors (Lipinski definition) is 6. The van der Waals surface area contributed by atoms with Crippen LogP contribution in [0, 0.1) is 0 Å². The van der Waals surface area contributed by atoms with Crippen LogP contribution >= 0.6 is 23.2 Å². The molecule has 0 radical (unpaired) electrons. The first kappa shape index (κ1) is 27.0. The third-order valence-corrected chi connectivity index (χ3v) is 8.84. The minimum Gasteiger partial charge on any atom is -0.489 e. The number of nitrogens with zero attached hydrogens (tertiary/aromatic N) is 2. The number of fused-ring (bicyclic) bond motifs is 1. The van der Waals surface area contributed by atoms with Crippen LogP contribution in [0.3, 0.4) is 0 Å². The number of aromatic nitrogens is 2. The summed E-state index contributed by atoms with van der Waals surface area (Å²) in [6.45, 7) is 0.00793. The molecule has 39 heavy (non-hydrogen) atoms. The van der Waals surface area contributed by atoms with E-state index in [9.17, 15) is 23.2 Å². The Bertz CT molecular complexity index is 1690. The fraction of sp³-hybridized carbons (Fsp3) is 0.154. The number of carbonyl (C=O) groups is 1. The molecule has 2 heterocycles. The van der Waals surface area contributed by atoms with Gasteiger partial charge in [0, 0.05) is 34.3 Å². The Labute approximate surface area is 233 Å². The number of benzene rings is 3. The minimum atomic E-state index is -4.27. The molecule has 1 atom stereocenters. The number of para-hydroxylation sites is 1. The first-order valence-electron chi connectivity index (χ1n) is 11.7. The second kappa shape index (κ2) is 10.9. The van der Waals surface area contributed by atoms with Crippen LogP contribution < -0.4 is 15.8 Å². The lowest BCUT2D eigenvalue weighted by Gasteiger charge is -2.32. The Morgan fingerprint density at radius 2 is 1.79 bits per heavy atom. The SMILES string of the molecule is O=C(NO)[C@H]1c2c([nH]n(-c3ccccc3)c2=O)CCN1S(=O)(=O)c1ccc(OCc2cc(Cl)ccc2Cl)cc1. The number of hydroxylamine groups is 1. The smallest absolute Gasteiger partial charge is 0.276 e. The van der Waals surface area contributed by atoms with Crippen molar-refractivity contribution >= 4 is 39.1 Å². The number of halogens is 2. The normalized spacial score (nSPS) is 15.5. The fourth-order valence-corrected chi connectivity index (χ4v) is 6.39. The Morgan fingerprint density at radius 1 is 1.08 bits per heavy atom. The molecule has 0 saturated heterocycles. The van der Waals surface area contributed by atoms with Crippen molar-refractivity contribution in [3.05, 3.63) is 110 Å². The van der Waals surface area contributed by atoms with Crippen molar-refractivity contribution in [2.45, 2.75) is 24.0 Å². The van der Waals surface area contributed by atoms with E-state index < -0.39 is 27.5 Å². The number of aromatic amines is 1. The number of rotatable bonds is 7. The van der Waals surface area contributed by atoms with Crippen LogP contribution in [-0.4, -0.2) is 40.2 Å². The number of hydrogen-bond donors (Lipinski definition) is 3. The predicted octanol–water partition coefficient (Wildman–Crippen LogP) is 3.84. The highest BCUT2D eigenvalue weighted by molar-refractivity contribution is 7.89. The molecule has 0 spiro atoms. The van der Waals surface area contributed by atoms with E-state index in [1.165, 1.54) is 34.4 Å². The van der Waals surface area contributed by atoms with E-state index in [1.807, 2.05) is 0 Å². The van der Waals surface area contributed by atoms with Gasteiger partial charge >= 0.3 is 0 Å². The summed E-state index contributed by atoms with van der Waals surface area (Å²) in [6.07, 6.45) is 0.153. The van der Waals surface area contributed by atoms with Crippen LogP contribution in [0.2, 0.25) is 10.0 Å². The van der Waals surface area contributed by atoms with E-state index in [2.05, 4.69) is 5.10 Å². The second-order valence-electron chi connectivity index (χ2n) is 8.72. The van der Waals surface area contributed by atoms with Crippen molar-refractivity contribution in [1.29, 1.82) is 0 Å². The van der Waals surface area contributed by atoms with Gasteiger partial charge in [0.1, 0.15) is 18.4 Å². The monoisotopic (exact) mass is 588 g/mol. The number of ether oxygens (including phenoxy) is 1. The molecule has 13 heteroatoms. The Hall–Kier alpha value is -3.61. The largest absolute Gasteiger partial charge is 0.489 e. The maximum absolute atomic E-state index is 13.7. The molecule has 10 nitrogen and oxygen atoms in total. The van der Waals surface area contributed by atoms with E-state index in [-0.39, 0.29) is 30.0 Å². The molecule has 3 aromatic carbocycles. The van der Waals surface area contributed by atoms with Crippen LogP contribution in [0.25, 0.3) is 5.69 Å². The quantitative estimate of drug-likeness (QED) is 0.222. The second-order valence-corrected chi connectivity index (χ2v) is 11.5. The maximum Gasteiger partial charge on any atom is 0.276 e. The van der Waals surface area contributed by atoms with Crippen LogP contribution in [0.5, 0.6) is 5.75 Å². The molecule has 5 rings (SSSR count). The van der Waals surface area contributed by atoms with Gasteiger partial charge < -0.3 is 4.74 Å². The van der Waals surface area contributed by atoms with Gasteiger partial charge in [-0.2, -0.15) is 4.31 Å². The van der Waals surface area contributed by atoms with Crippen molar-refractivity contribution in [3.8, 4) is 11.4 Å². The summed E-state index contributed by atoms with van der Waals surface area (Å²) in [7, 11) is -4.27. The van der Waals surface area contributed by atoms with Gasteiger partial charge in [-0.15, -0.1) is 0 Å². The average Bonchev–Trinajstić information content (AvgIpc) is 3.29. The summed E-state index contributed by atoms with van der Waals surface area (Å²) in [5, 5.41) is 13.4. The highest BCUT2D eigenvalue weighted by Crippen LogP contribution is 2.33. The Morgan fingerprint density at radius 3 is 2.49 bits per heavy atom. The van der Waals surface area contributed by atoms with Gasteiger partial charge in [-0.25, -0.2) is 18.6 Å². The van der Waals surface area contributed by atoms with Gasteiger partial charge in [-0.3, -0.25) is 19.9 Å². The number of amides is 1. The zero-order chi connectivity index (χ0) is 27.7. The molecule has 4 aromatic rings. The van der Waals surface area contributed by atoms with Gasteiger partial charge in [0.05, 0.1) is 16.1 Å². The fourth-order valence-electron chi connectivity index (χ4n) is 4.46. The summed E-state index contributed by atoms with van der Waals surface area (Å²) in [5.74, 6) is -0.666. The van der Waals surface area contributed by atoms with Gasteiger partial charge in [-0.05, 0) is 54.6 Å². The molecular formula is C26H22Cl2N4O6S. The molecule has 3 N–H and O–H groups in total. The van der Waals surface area contributed by atoms with E-state index >= 15 is 0 Å². The number of carbonyl (C=O) groups excluding carboxylic acids is 1. The van der Waals surface area contributed by atoms with E-state index in [0.717, 1.165) is 4.31 Å². The molecule has 1 aliphatic heterocycles. The molecule has 1 amide bonds. The van der Waals surface area contributed by atoms with Crippen molar-refractivity contribution in [3.63, 3.8) is 0 Å². The Balaban J connectivity index is 1.44. The molecule has 0 bridgehead atoms. The van der Waals surface area contributed by atoms with E-state index in [1.54, 1.807) is 48.5 Å². The molecule has 0 fully saturated rings. The lowest BCUT2D eigenvalue weighted by atomic mass is 10.0. The lowest BCUT2D eigenvalue weighted by molar-refractivity contribution is -0.133. The maximum atomic E-state index is 13.7. The lowest BCUT2D eigenvalue weighted by Crippen LogP contribution is -2.48. The summed E-state index contributed by atoms with van der Waals surface area (Å²) >= 11 is 12.2. The third-order valence-electron chi connectivity index (χ3n) is 6.35. The van der Waals surface area contributed by atoms with Gasteiger partial charge in [-0.1, -0.05) is 41.4 Å². The molecule has 1 aliphatic rings. The van der Waals surface area contributed by atoms with Crippen molar-refractivity contribution in [2.75, 3.05) is 6.54 Å². The highest BCUT2D eigenvalue weighted by Gasteiger charge is 2.43. The third kappa shape index (κ3) is 5.19. The molecule has 0 unspecified atom stereocenters. The topological polar surface area (TPSA) is 134 Å². The molecule has 202 valence electrons. The van der Waals surface area contributed by atoms with E-state index in [0.29, 0.717) is 32.7 Å². The van der Waals surface area contributed by atoms with Crippen LogP contribution in [0.15, 0.2) is 82.5 Å². The van der Waals surface area contributed by atoms with Gasteiger partial charge in [0.15, 0.2) is 0 Å². The molecule has 0 saturated carbocycles. The minimum absolute atomic E-state index is 0.0569. The van der Waals surface area contributed by atoms with Crippen molar-refractivity contribution in [2.24, 2.45) is 0 Å². The standard InChI is InChI=1S/C26H22Cl2N4O6S/c27-17-6-11-21(28)16(14-17)15-38-19-7-9-20(10-8-19)39(36,37)31-13-12-22-23(24(31)25(33)30-35)26(34)32(29-22)18-4-2-1-3-5-18/h1-11,14,24,29,35H,12-13,15H2,(H,30,33)/t24-/m1/s1. The van der Waals surface area contributed by atoms with Crippen molar-refractivity contribution in [1.82, 2.24) is 19.6 Å². The zero-order valence-electron chi connectivity index (χ0n) is 20.2. The predicted molar refractivity (Wildman–Crippen MR) is 144 cm³/mol. The van der Waals surface area contributed by atoms with Crippen LogP contribution in [-0.2, 0) is 27.8 Å². The molecular weight excluding hydrogens is 567 g/mol. The summed E-state index contributed by atoms with van der Waals surface area (Å²) in [4.78, 5) is 26.0. The van der Waals surface area contributed by atoms with Gasteiger partial charge in [0.25, 0.3) is 11.5 Å². The number of H-pyrrole nitrogens is 1. The van der Waals surface area contributed by atoms with Crippen molar-refractivity contribution < 1.29 is 23.2 Å². The Kier molecular flexibility index (Phi) is 7.52. The molecule has 1 aromatic heterocycles. The first-order valence-corrected chi connectivity index (χ1v) is 13.9. The van der Waals surface area contributed by atoms with Crippen LogP contribution in [0.4, 0.5) is 0 Å². The summed E-state index contributed by atoms with van der Waals surface area (Å²) < 4.78 is 35.2.